The number of hydrogen-bond donors (Lipinski definition) is 0. The van der Waals surface area contributed by atoms with Gasteiger partial charge in [0.2, 0.25) is 0 Å². The monoisotopic (exact) mass is 321 g/mol. The van der Waals surface area contributed by atoms with Crippen LogP contribution in [0.2, 0.25) is 0 Å². The Balaban J connectivity index is 1.70. The van der Waals surface area contributed by atoms with E-state index in [0.717, 1.165) is 40.9 Å². The Bertz CT molecular complexity index is 976. The van der Waals surface area contributed by atoms with Gasteiger partial charge in [0.05, 0.1) is 6.04 Å². The first-order chi connectivity index (χ1) is 11.4. The lowest BCUT2D eigenvalue weighted by Crippen LogP contribution is -2.23. The second kappa shape index (κ2) is 5.06. The van der Waals surface area contributed by atoms with E-state index in [1.807, 2.05) is 29.5 Å². The maximum absolute atomic E-state index is 6.10. The first-order valence-electron chi connectivity index (χ1n) is 7.84. The van der Waals surface area contributed by atoms with Gasteiger partial charge in [-0.2, -0.15) is 0 Å². The number of fused-ring (bicyclic) bond motifs is 3. The highest BCUT2D eigenvalue weighted by Gasteiger charge is 2.30. The third-order valence-corrected chi connectivity index (χ3v) is 5.51. The van der Waals surface area contributed by atoms with Crippen LogP contribution in [-0.2, 0) is 0 Å². The molecule has 0 amide bonds. The van der Waals surface area contributed by atoms with Crippen LogP contribution >= 0.6 is 11.3 Å². The fourth-order valence-corrected chi connectivity index (χ4v) is 4.39. The molecule has 0 aliphatic carbocycles. The van der Waals surface area contributed by atoms with Crippen molar-refractivity contribution in [2.24, 2.45) is 0 Å². The van der Waals surface area contributed by atoms with E-state index in [1.54, 1.807) is 6.33 Å². The number of furan rings is 1. The van der Waals surface area contributed by atoms with Crippen LogP contribution in [0.15, 0.2) is 52.5 Å². The van der Waals surface area contributed by atoms with Crippen LogP contribution in [0.1, 0.15) is 23.8 Å². The van der Waals surface area contributed by atoms with E-state index < -0.39 is 0 Å². The van der Waals surface area contributed by atoms with Gasteiger partial charge >= 0.3 is 0 Å². The summed E-state index contributed by atoms with van der Waals surface area (Å²) in [5.41, 5.74) is 2.58. The SMILES string of the molecule is c1csc(C2CCCN2c2ncnc3c2oc2ccccc23)c1. The quantitative estimate of drug-likeness (QED) is 0.533. The average Bonchev–Trinajstić information content (AvgIpc) is 3.32. The minimum Gasteiger partial charge on any atom is -0.450 e. The van der Waals surface area contributed by atoms with E-state index in [0.29, 0.717) is 6.04 Å². The van der Waals surface area contributed by atoms with Crippen molar-refractivity contribution >= 4 is 39.2 Å². The second-order valence-electron chi connectivity index (χ2n) is 5.84. The molecular weight excluding hydrogens is 306 g/mol. The first kappa shape index (κ1) is 13.1. The summed E-state index contributed by atoms with van der Waals surface area (Å²) in [7, 11) is 0. The summed E-state index contributed by atoms with van der Waals surface area (Å²) < 4.78 is 6.10. The minimum absolute atomic E-state index is 0.390. The molecular formula is C18H15N3OS. The first-order valence-corrected chi connectivity index (χ1v) is 8.72. The lowest BCUT2D eigenvalue weighted by molar-refractivity contribution is 0.654. The number of nitrogens with zero attached hydrogens (tertiary/aromatic N) is 3. The maximum Gasteiger partial charge on any atom is 0.196 e. The lowest BCUT2D eigenvalue weighted by Gasteiger charge is -2.24. The van der Waals surface area contributed by atoms with Crippen LogP contribution < -0.4 is 4.90 Å². The van der Waals surface area contributed by atoms with E-state index in [2.05, 4.69) is 38.4 Å². The highest BCUT2D eigenvalue weighted by atomic mass is 32.1. The molecule has 1 aliphatic rings. The van der Waals surface area contributed by atoms with Crippen molar-refractivity contribution in [1.29, 1.82) is 0 Å². The Morgan fingerprint density at radius 3 is 3.00 bits per heavy atom. The van der Waals surface area contributed by atoms with Crippen LogP contribution in [0.25, 0.3) is 22.1 Å². The summed E-state index contributed by atoms with van der Waals surface area (Å²) in [6.45, 7) is 1.01. The van der Waals surface area contributed by atoms with Crippen molar-refractivity contribution in [3.05, 3.63) is 53.0 Å². The fourth-order valence-electron chi connectivity index (χ4n) is 3.51. The van der Waals surface area contributed by atoms with Gasteiger partial charge < -0.3 is 9.32 Å². The summed E-state index contributed by atoms with van der Waals surface area (Å²) >= 11 is 1.81. The molecule has 114 valence electrons. The summed E-state index contributed by atoms with van der Waals surface area (Å²) in [4.78, 5) is 12.8. The predicted octanol–water partition coefficient (Wildman–Crippen LogP) is 4.78. The number of anilines is 1. The molecule has 4 heterocycles. The highest BCUT2D eigenvalue weighted by Crippen LogP contribution is 2.41. The number of aromatic nitrogens is 2. The maximum atomic E-state index is 6.10. The van der Waals surface area contributed by atoms with Crippen molar-refractivity contribution in [3.63, 3.8) is 0 Å². The average molecular weight is 321 g/mol. The normalized spacial score (nSPS) is 18.3. The summed E-state index contributed by atoms with van der Waals surface area (Å²) in [5, 5.41) is 3.20. The zero-order chi connectivity index (χ0) is 15.2. The number of thiophene rings is 1. The Morgan fingerprint density at radius 2 is 2.09 bits per heavy atom. The van der Waals surface area contributed by atoms with Crippen molar-refractivity contribution < 1.29 is 4.42 Å². The molecule has 1 aliphatic heterocycles. The molecule has 1 atom stereocenters. The Labute approximate surface area is 137 Å². The van der Waals surface area contributed by atoms with Gasteiger partial charge in [0.15, 0.2) is 11.4 Å². The zero-order valence-electron chi connectivity index (χ0n) is 12.5. The molecule has 0 radical (unpaired) electrons. The van der Waals surface area contributed by atoms with E-state index in [4.69, 9.17) is 4.42 Å². The number of hydrogen-bond acceptors (Lipinski definition) is 5. The number of rotatable bonds is 2. The highest BCUT2D eigenvalue weighted by molar-refractivity contribution is 7.10. The standard InChI is InChI=1S/C18H15N3OS/c1-2-7-14-12(5-1)16-17(22-14)18(20-11-19-16)21-9-3-6-13(21)15-8-4-10-23-15/h1-2,4-5,7-8,10-11,13H,3,6,9H2. The van der Waals surface area contributed by atoms with E-state index in [1.165, 1.54) is 11.3 Å². The van der Waals surface area contributed by atoms with Crippen molar-refractivity contribution in [1.82, 2.24) is 9.97 Å². The second-order valence-corrected chi connectivity index (χ2v) is 6.82. The van der Waals surface area contributed by atoms with E-state index in [-0.39, 0.29) is 0 Å². The summed E-state index contributed by atoms with van der Waals surface area (Å²) in [6, 6.07) is 12.8. The summed E-state index contributed by atoms with van der Waals surface area (Å²) in [6.07, 6.45) is 3.99. The Morgan fingerprint density at radius 1 is 1.13 bits per heavy atom. The van der Waals surface area contributed by atoms with Crippen LogP contribution in [0.3, 0.4) is 0 Å². The van der Waals surface area contributed by atoms with Gasteiger partial charge in [-0.25, -0.2) is 9.97 Å². The van der Waals surface area contributed by atoms with Crippen LogP contribution in [-0.4, -0.2) is 16.5 Å². The molecule has 3 aromatic heterocycles. The molecule has 0 N–H and O–H groups in total. The van der Waals surface area contributed by atoms with E-state index >= 15 is 0 Å². The molecule has 5 heteroatoms. The molecule has 0 bridgehead atoms. The number of benzene rings is 1. The van der Waals surface area contributed by atoms with E-state index in [9.17, 15) is 0 Å². The predicted molar refractivity (Wildman–Crippen MR) is 93.0 cm³/mol. The molecule has 0 spiro atoms. The number of para-hydroxylation sites is 1. The Hall–Kier alpha value is -2.40. The fraction of sp³-hybridized carbons (Fsp3) is 0.222. The van der Waals surface area contributed by atoms with Gasteiger partial charge in [-0.3, -0.25) is 0 Å². The van der Waals surface area contributed by atoms with Gasteiger partial charge in [-0.05, 0) is 36.4 Å². The third-order valence-electron chi connectivity index (χ3n) is 4.54. The molecule has 0 saturated carbocycles. The molecule has 23 heavy (non-hydrogen) atoms. The van der Waals surface area contributed by atoms with Crippen LogP contribution in [0, 0.1) is 0 Å². The topological polar surface area (TPSA) is 42.2 Å². The van der Waals surface area contributed by atoms with Gasteiger partial charge in [0.25, 0.3) is 0 Å². The van der Waals surface area contributed by atoms with Crippen LogP contribution in [0.4, 0.5) is 5.82 Å². The van der Waals surface area contributed by atoms with Gasteiger partial charge in [0.1, 0.15) is 17.4 Å². The molecule has 5 rings (SSSR count). The minimum atomic E-state index is 0.390. The molecule has 4 nitrogen and oxygen atoms in total. The Kier molecular flexibility index (Phi) is 2.88. The van der Waals surface area contributed by atoms with Gasteiger partial charge in [0, 0.05) is 16.8 Å². The zero-order valence-corrected chi connectivity index (χ0v) is 13.3. The molecule has 1 aromatic carbocycles. The van der Waals surface area contributed by atoms with Crippen molar-refractivity contribution in [3.8, 4) is 0 Å². The van der Waals surface area contributed by atoms with Crippen molar-refractivity contribution in [2.75, 3.05) is 11.4 Å². The summed E-state index contributed by atoms with van der Waals surface area (Å²) in [5.74, 6) is 0.919. The smallest absolute Gasteiger partial charge is 0.196 e. The molecule has 1 unspecified atom stereocenters. The van der Waals surface area contributed by atoms with Crippen LogP contribution in [0.5, 0.6) is 0 Å². The molecule has 4 aromatic rings. The van der Waals surface area contributed by atoms with Gasteiger partial charge in [-0.1, -0.05) is 18.2 Å². The van der Waals surface area contributed by atoms with Gasteiger partial charge in [-0.15, -0.1) is 11.3 Å². The molecule has 1 saturated heterocycles. The lowest BCUT2D eigenvalue weighted by atomic mass is 10.2. The van der Waals surface area contributed by atoms with Crippen molar-refractivity contribution in [2.45, 2.75) is 18.9 Å². The largest absolute Gasteiger partial charge is 0.450 e. The molecule has 1 fully saturated rings. The third kappa shape index (κ3) is 1.96.